The van der Waals surface area contributed by atoms with Gasteiger partial charge in [-0.25, -0.2) is 0 Å². The summed E-state index contributed by atoms with van der Waals surface area (Å²) in [5.41, 5.74) is 0. The number of hydrogen-bond acceptors (Lipinski definition) is 0. The molecule has 0 radical (unpaired) electrons. The fraction of sp³-hybridized carbons (Fsp3) is 0.400. The van der Waals surface area contributed by atoms with Crippen molar-refractivity contribution in [2.24, 2.45) is 0 Å². The van der Waals surface area contributed by atoms with Gasteiger partial charge >= 0.3 is 0 Å². The Bertz CT molecular complexity index is 97.8. The van der Waals surface area contributed by atoms with Crippen LogP contribution in [0.3, 0.4) is 0 Å². The highest BCUT2D eigenvalue weighted by Crippen LogP contribution is 2.07. The van der Waals surface area contributed by atoms with E-state index in [1.807, 2.05) is 0 Å². The van der Waals surface area contributed by atoms with Gasteiger partial charge in [0.1, 0.15) is 0 Å². The summed E-state index contributed by atoms with van der Waals surface area (Å²) >= 11 is 0. The van der Waals surface area contributed by atoms with Crippen LogP contribution < -0.4 is 0 Å². The lowest BCUT2D eigenvalue weighted by atomic mass is 10.4. The first-order chi connectivity index (χ1) is 2.89. The zero-order valence-electron chi connectivity index (χ0n) is 3.81. The second-order valence-electron chi connectivity index (χ2n) is 1.38. The summed E-state index contributed by atoms with van der Waals surface area (Å²) in [4.78, 5) is 0. The predicted octanol–water partition coefficient (Wildman–Crippen LogP) is 1.69. The predicted molar refractivity (Wildman–Crippen MR) is 31.6 cm³/mol. The lowest BCUT2D eigenvalue weighted by Crippen LogP contribution is -1.67. The van der Waals surface area contributed by atoms with Crippen molar-refractivity contribution in [1.29, 1.82) is 0 Å². The topological polar surface area (TPSA) is 0 Å². The van der Waals surface area contributed by atoms with Crippen LogP contribution in [-0.4, -0.2) is 11.5 Å². The third-order valence-electron chi connectivity index (χ3n) is 0.805. The van der Waals surface area contributed by atoms with Gasteiger partial charge in [-0.3, -0.25) is 0 Å². The molecule has 32 valence electrons. The van der Waals surface area contributed by atoms with Crippen LogP contribution >= 0.6 is 8.20 Å². The summed E-state index contributed by atoms with van der Waals surface area (Å²) in [5.74, 6) is 0. The number of allylic oxidation sites excluding steroid dienone is 2. The molecule has 1 heteroatoms. The Hall–Kier alpha value is -0.0900. The second kappa shape index (κ2) is 1.57. The first-order valence-electron chi connectivity index (χ1n) is 2.07. The van der Waals surface area contributed by atoms with Gasteiger partial charge in [-0.15, -0.1) is 0 Å². The highest BCUT2D eigenvalue weighted by Gasteiger charge is 1.85. The Kier molecular flexibility index (Phi) is 1.07. The number of rotatable bonds is 0. The minimum Gasteiger partial charge on any atom is -0.0971 e. The van der Waals surface area contributed by atoms with Crippen molar-refractivity contribution in [1.82, 2.24) is 0 Å². The second-order valence-corrected chi connectivity index (χ2v) is 2.77. The maximum absolute atomic E-state index is 2.21. The molecule has 1 rings (SSSR count). The van der Waals surface area contributed by atoms with Crippen LogP contribution in [0.5, 0.6) is 0 Å². The standard InChI is InChI=1S/C5H7P/c1-5-3-2-4-6-5/h2-3H,4H2,1H3. The van der Waals surface area contributed by atoms with Gasteiger partial charge < -0.3 is 0 Å². The van der Waals surface area contributed by atoms with E-state index in [2.05, 4.69) is 19.1 Å². The molecule has 0 nitrogen and oxygen atoms in total. The summed E-state index contributed by atoms with van der Waals surface area (Å²) in [5, 5.41) is 1.50. The molecule has 0 aromatic heterocycles. The summed E-state index contributed by atoms with van der Waals surface area (Å²) in [7, 11) is 1.50. The van der Waals surface area contributed by atoms with Crippen LogP contribution in [0.15, 0.2) is 12.2 Å². The maximum Gasteiger partial charge on any atom is 0.00799 e. The lowest BCUT2D eigenvalue weighted by Gasteiger charge is -1.71. The molecule has 0 unspecified atom stereocenters. The van der Waals surface area contributed by atoms with E-state index in [1.165, 1.54) is 19.7 Å². The average Bonchev–Trinajstić information content (AvgIpc) is 1.86. The minimum atomic E-state index is 1.24. The summed E-state index contributed by atoms with van der Waals surface area (Å²) < 4.78 is 0. The van der Waals surface area contributed by atoms with Gasteiger partial charge in [0.2, 0.25) is 0 Å². The smallest absolute Gasteiger partial charge is 0.00799 e. The van der Waals surface area contributed by atoms with E-state index in [4.69, 9.17) is 0 Å². The molecular formula is C5H7P. The molecule has 1 aliphatic heterocycles. The quantitative estimate of drug-likeness (QED) is 0.404. The Balaban J connectivity index is 2.68. The molecule has 0 aromatic carbocycles. The van der Waals surface area contributed by atoms with Crippen LogP contribution in [0.25, 0.3) is 0 Å². The van der Waals surface area contributed by atoms with Crippen molar-refractivity contribution in [2.75, 3.05) is 6.16 Å². The molecule has 0 saturated carbocycles. The van der Waals surface area contributed by atoms with E-state index >= 15 is 0 Å². The van der Waals surface area contributed by atoms with Gasteiger partial charge in [0.05, 0.1) is 0 Å². The first kappa shape index (κ1) is 4.08. The molecule has 0 spiro atoms. The molecule has 0 fully saturated rings. The molecule has 0 aliphatic carbocycles. The highest BCUT2D eigenvalue weighted by molar-refractivity contribution is 7.41. The molecule has 0 saturated heterocycles. The summed E-state index contributed by atoms with van der Waals surface area (Å²) in [6.07, 6.45) is 5.63. The third kappa shape index (κ3) is 0.693. The largest absolute Gasteiger partial charge is 0.0971 e. The SMILES string of the molecule is CC1=PCC=C1. The van der Waals surface area contributed by atoms with E-state index in [0.29, 0.717) is 0 Å². The molecule has 0 bridgehead atoms. The summed E-state index contributed by atoms with van der Waals surface area (Å²) in [6.45, 7) is 2.16. The van der Waals surface area contributed by atoms with Crippen molar-refractivity contribution in [2.45, 2.75) is 6.92 Å². The van der Waals surface area contributed by atoms with Crippen molar-refractivity contribution >= 4 is 13.5 Å². The fourth-order valence-electron chi connectivity index (χ4n) is 0.473. The van der Waals surface area contributed by atoms with Crippen molar-refractivity contribution in [3.63, 3.8) is 0 Å². The van der Waals surface area contributed by atoms with Gasteiger partial charge in [0, 0.05) is 6.16 Å². The van der Waals surface area contributed by atoms with Crippen LogP contribution in [0, 0.1) is 0 Å². The molecule has 1 aliphatic rings. The van der Waals surface area contributed by atoms with E-state index < -0.39 is 0 Å². The fourth-order valence-corrected chi connectivity index (χ4v) is 1.18. The first-order valence-corrected chi connectivity index (χ1v) is 3.15. The monoisotopic (exact) mass is 98.0 g/mol. The molecule has 0 amide bonds. The highest BCUT2D eigenvalue weighted by atomic mass is 31.1. The molecular weight excluding hydrogens is 91.0 g/mol. The van der Waals surface area contributed by atoms with Gasteiger partial charge in [0.15, 0.2) is 0 Å². The third-order valence-corrected chi connectivity index (χ3v) is 1.85. The Labute approximate surface area is 39.7 Å². The zero-order chi connectivity index (χ0) is 4.41. The van der Waals surface area contributed by atoms with Gasteiger partial charge in [0.25, 0.3) is 0 Å². The van der Waals surface area contributed by atoms with Crippen LogP contribution in [0.4, 0.5) is 0 Å². The summed E-state index contributed by atoms with van der Waals surface area (Å²) in [6, 6.07) is 0. The Morgan fingerprint density at radius 3 is 2.83 bits per heavy atom. The number of hydrogen-bond donors (Lipinski definition) is 0. The molecule has 0 aromatic rings. The van der Waals surface area contributed by atoms with Crippen molar-refractivity contribution in [3.8, 4) is 0 Å². The molecule has 0 atom stereocenters. The lowest BCUT2D eigenvalue weighted by molar-refractivity contribution is 1.82. The molecule has 6 heavy (non-hydrogen) atoms. The zero-order valence-corrected chi connectivity index (χ0v) is 4.70. The average molecular weight is 98.1 g/mol. The molecule has 0 N–H and O–H groups in total. The normalized spacial score (nSPS) is 21.2. The van der Waals surface area contributed by atoms with E-state index in [9.17, 15) is 0 Å². The van der Waals surface area contributed by atoms with Crippen LogP contribution in [0.2, 0.25) is 0 Å². The Morgan fingerprint density at radius 2 is 2.67 bits per heavy atom. The van der Waals surface area contributed by atoms with Crippen LogP contribution in [-0.2, 0) is 0 Å². The minimum absolute atomic E-state index is 1.24. The maximum atomic E-state index is 2.21. The van der Waals surface area contributed by atoms with Crippen molar-refractivity contribution in [3.05, 3.63) is 12.2 Å². The van der Waals surface area contributed by atoms with E-state index in [0.717, 1.165) is 0 Å². The van der Waals surface area contributed by atoms with Gasteiger partial charge in [-0.05, 0) is 12.2 Å². The van der Waals surface area contributed by atoms with E-state index in [1.54, 1.807) is 0 Å². The molecule has 1 heterocycles. The van der Waals surface area contributed by atoms with E-state index in [-0.39, 0.29) is 0 Å². The van der Waals surface area contributed by atoms with Gasteiger partial charge in [-0.1, -0.05) is 20.4 Å². The Morgan fingerprint density at radius 1 is 1.83 bits per heavy atom. The van der Waals surface area contributed by atoms with Crippen molar-refractivity contribution < 1.29 is 0 Å². The van der Waals surface area contributed by atoms with Crippen LogP contribution in [0.1, 0.15) is 6.92 Å². The van der Waals surface area contributed by atoms with Gasteiger partial charge in [-0.2, -0.15) is 0 Å².